The number of carboxylic acids is 1. The van der Waals surface area contributed by atoms with Gasteiger partial charge in [0.1, 0.15) is 12.2 Å². The molecule has 1 rings (SSSR count). The van der Waals surface area contributed by atoms with Gasteiger partial charge in [0.25, 0.3) is 0 Å². The summed E-state index contributed by atoms with van der Waals surface area (Å²) in [5, 5.41) is 20.3. The van der Waals surface area contributed by atoms with E-state index >= 15 is 0 Å². The molecule has 0 radical (unpaired) electrons. The van der Waals surface area contributed by atoms with E-state index < -0.39 is 18.3 Å². The molecule has 1 aromatic rings. The van der Waals surface area contributed by atoms with Crippen molar-refractivity contribution in [3.05, 3.63) is 23.3 Å². The standard InChI is InChI=1S/C11H13NO4/c1-6-4-9(13)7(2)3-8(6)12-10(14)5-11(15)16/h3-4,13H,5H2,1-2H3,(H,12,14)(H,15,16). The molecule has 5 heteroatoms. The minimum absolute atomic E-state index is 0.147. The minimum Gasteiger partial charge on any atom is -0.508 e. The van der Waals surface area contributed by atoms with Crippen molar-refractivity contribution in [3.8, 4) is 5.75 Å². The summed E-state index contributed by atoms with van der Waals surface area (Å²) in [5.74, 6) is -1.61. The highest BCUT2D eigenvalue weighted by atomic mass is 16.4. The summed E-state index contributed by atoms with van der Waals surface area (Å²) in [6.07, 6.45) is -0.570. The number of aryl methyl sites for hydroxylation is 2. The molecular formula is C11H13NO4. The third-order valence-corrected chi connectivity index (χ3v) is 2.13. The maximum Gasteiger partial charge on any atom is 0.312 e. The van der Waals surface area contributed by atoms with Crippen molar-refractivity contribution in [1.82, 2.24) is 0 Å². The highest BCUT2D eigenvalue weighted by Crippen LogP contribution is 2.24. The third kappa shape index (κ3) is 2.98. The van der Waals surface area contributed by atoms with Crippen LogP contribution in [0.2, 0.25) is 0 Å². The number of anilines is 1. The number of carboxylic acid groups (broad SMARTS) is 1. The second-order valence-corrected chi connectivity index (χ2v) is 3.57. The van der Waals surface area contributed by atoms with Gasteiger partial charge in [-0.15, -0.1) is 0 Å². The molecule has 0 aliphatic heterocycles. The second kappa shape index (κ2) is 4.65. The molecule has 0 atom stereocenters. The van der Waals surface area contributed by atoms with E-state index in [2.05, 4.69) is 5.32 Å². The zero-order valence-corrected chi connectivity index (χ0v) is 9.07. The number of amides is 1. The van der Waals surface area contributed by atoms with Crippen molar-refractivity contribution in [2.75, 3.05) is 5.32 Å². The van der Waals surface area contributed by atoms with Gasteiger partial charge in [-0.3, -0.25) is 9.59 Å². The fourth-order valence-corrected chi connectivity index (χ4v) is 1.27. The van der Waals surface area contributed by atoms with Crippen molar-refractivity contribution in [3.63, 3.8) is 0 Å². The lowest BCUT2D eigenvalue weighted by Crippen LogP contribution is -2.16. The van der Waals surface area contributed by atoms with Gasteiger partial charge < -0.3 is 15.5 Å². The summed E-state index contributed by atoms with van der Waals surface area (Å²) in [6.45, 7) is 3.41. The molecule has 16 heavy (non-hydrogen) atoms. The Labute approximate surface area is 92.7 Å². The zero-order chi connectivity index (χ0) is 12.3. The third-order valence-electron chi connectivity index (χ3n) is 2.13. The first-order valence-corrected chi connectivity index (χ1v) is 4.72. The van der Waals surface area contributed by atoms with Crippen molar-refractivity contribution in [2.24, 2.45) is 0 Å². The van der Waals surface area contributed by atoms with Crippen molar-refractivity contribution < 1.29 is 19.8 Å². The van der Waals surface area contributed by atoms with Crippen LogP contribution in [0.5, 0.6) is 5.75 Å². The lowest BCUT2D eigenvalue weighted by molar-refractivity contribution is -0.139. The first-order valence-electron chi connectivity index (χ1n) is 4.72. The number of phenolic OH excluding ortho intramolecular Hbond substituents is 1. The maximum absolute atomic E-state index is 11.2. The Bertz CT molecular complexity index is 440. The van der Waals surface area contributed by atoms with E-state index in [0.717, 1.165) is 0 Å². The molecule has 0 unspecified atom stereocenters. The average molecular weight is 223 g/mol. The average Bonchev–Trinajstić information content (AvgIpc) is 2.12. The molecule has 0 saturated heterocycles. The lowest BCUT2D eigenvalue weighted by atomic mass is 10.1. The minimum atomic E-state index is -1.18. The number of hydrogen-bond acceptors (Lipinski definition) is 3. The predicted octanol–water partition coefficient (Wildman–Crippen LogP) is 1.42. The Morgan fingerprint density at radius 1 is 1.25 bits per heavy atom. The number of nitrogens with one attached hydrogen (secondary N) is 1. The van der Waals surface area contributed by atoms with E-state index in [1.54, 1.807) is 19.9 Å². The maximum atomic E-state index is 11.2. The van der Waals surface area contributed by atoms with Gasteiger partial charge >= 0.3 is 5.97 Å². The van der Waals surface area contributed by atoms with E-state index in [9.17, 15) is 14.7 Å². The molecule has 1 aromatic carbocycles. The van der Waals surface area contributed by atoms with Crippen LogP contribution in [-0.2, 0) is 9.59 Å². The molecule has 3 N–H and O–H groups in total. The van der Waals surface area contributed by atoms with Crippen molar-refractivity contribution >= 4 is 17.6 Å². The highest BCUT2D eigenvalue weighted by molar-refractivity contribution is 6.01. The molecule has 0 heterocycles. The Morgan fingerprint density at radius 2 is 1.88 bits per heavy atom. The van der Waals surface area contributed by atoms with Crippen molar-refractivity contribution in [1.29, 1.82) is 0 Å². The van der Waals surface area contributed by atoms with Crippen LogP contribution >= 0.6 is 0 Å². The number of aliphatic carboxylic acids is 1. The number of hydrogen-bond donors (Lipinski definition) is 3. The smallest absolute Gasteiger partial charge is 0.312 e. The number of carbonyl (C=O) groups is 2. The van der Waals surface area contributed by atoms with E-state index in [1.165, 1.54) is 6.07 Å². The van der Waals surface area contributed by atoms with Crippen LogP contribution in [-0.4, -0.2) is 22.1 Å². The van der Waals surface area contributed by atoms with Crippen LogP contribution in [0, 0.1) is 13.8 Å². The van der Waals surface area contributed by atoms with Crippen LogP contribution in [0.1, 0.15) is 17.5 Å². The number of benzene rings is 1. The van der Waals surface area contributed by atoms with Crippen molar-refractivity contribution in [2.45, 2.75) is 20.3 Å². The molecule has 0 aliphatic carbocycles. The number of carbonyl (C=O) groups excluding carboxylic acids is 1. The van der Waals surface area contributed by atoms with Gasteiger partial charge in [0.2, 0.25) is 5.91 Å². The summed E-state index contributed by atoms with van der Waals surface area (Å²) in [6, 6.07) is 3.12. The summed E-state index contributed by atoms with van der Waals surface area (Å²) in [7, 11) is 0. The van der Waals surface area contributed by atoms with Gasteiger partial charge in [-0.1, -0.05) is 0 Å². The molecule has 86 valence electrons. The van der Waals surface area contributed by atoms with Crippen LogP contribution in [0.4, 0.5) is 5.69 Å². The summed E-state index contributed by atoms with van der Waals surface area (Å²) < 4.78 is 0. The lowest BCUT2D eigenvalue weighted by Gasteiger charge is -2.09. The van der Waals surface area contributed by atoms with Crippen LogP contribution in [0.3, 0.4) is 0 Å². The Balaban J connectivity index is 2.85. The first-order chi connectivity index (χ1) is 7.40. The van der Waals surface area contributed by atoms with Gasteiger partial charge in [0, 0.05) is 5.69 Å². The van der Waals surface area contributed by atoms with Gasteiger partial charge in [0.15, 0.2) is 0 Å². The van der Waals surface area contributed by atoms with Gasteiger partial charge in [-0.2, -0.15) is 0 Å². The molecule has 0 fully saturated rings. The second-order valence-electron chi connectivity index (χ2n) is 3.57. The van der Waals surface area contributed by atoms with Crippen LogP contribution < -0.4 is 5.32 Å². The monoisotopic (exact) mass is 223 g/mol. The molecule has 1 amide bonds. The number of phenols is 1. The quantitative estimate of drug-likeness (QED) is 0.534. The molecule has 0 aliphatic rings. The molecule has 0 spiro atoms. The largest absolute Gasteiger partial charge is 0.508 e. The predicted molar refractivity (Wildman–Crippen MR) is 58.5 cm³/mol. The van der Waals surface area contributed by atoms with E-state index in [1.807, 2.05) is 0 Å². The Kier molecular flexibility index (Phi) is 3.50. The normalized spacial score (nSPS) is 9.88. The molecule has 5 nitrogen and oxygen atoms in total. The molecular weight excluding hydrogens is 210 g/mol. The molecule has 0 saturated carbocycles. The fourth-order valence-electron chi connectivity index (χ4n) is 1.27. The van der Waals surface area contributed by atoms with Crippen LogP contribution in [0.15, 0.2) is 12.1 Å². The van der Waals surface area contributed by atoms with E-state index in [-0.39, 0.29) is 5.75 Å². The highest BCUT2D eigenvalue weighted by Gasteiger charge is 2.10. The van der Waals surface area contributed by atoms with E-state index in [4.69, 9.17) is 5.11 Å². The molecule has 0 bridgehead atoms. The number of rotatable bonds is 3. The van der Waals surface area contributed by atoms with Crippen LogP contribution in [0.25, 0.3) is 0 Å². The topological polar surface area (TPSA) is 86.6 Å². The summed E-state index contributed by atoms with van der Waals surface area (Å²) in [5.41, 5.74) is 1.82. The zero-order valence-electron chi connectivity index (χ0n) is 9.07. The van der Waals surface area contributed by atoms with E-state index in [0.29, 0.717) is 16.8 Å². The van der Waals surface area contributed by atoms with Gasteiger partial charge in [0.05, 0.1) is 0 Å². The summed E-state index contributed by atoms with van der Waals surface area (Å²) >= 11 is 0. The SMILES string of the molecule is Cc1cc(NC(=O)CC(=O)O)c(C)cc1O. The fraction of sp³-hybridized carbons (Fsp3) is 0.273. The number of aromatic hydroxyl groups is 1. The van der Waals surface area contributed by atoms with Gasteiger partial charge in [-0.05, 0) is 37.1 Å². The Morgan fingerprint density at radius 3 is 2.44 bits per heavy atom. The first kappa shape index (κ1) is 12.0. The summed E-state index contributed by atoms with van der Waals surface area (Å²) in [4.78, 5) is 21.5. The van der Waals surface area contributed by atoms with Gasteiger partial charge in [-0.25, -0.2) is 0 Å². The Hall–Kier alpha value is -2.04. The molecule has 0 aromatic heterocycles.